The summed E-state index contributed by atoms with van der Waals surface area (Å²) >= 11 is 0. The topological polar surface area (TPSA) is 94.9 Å². The van der Waals surface area contributed by atoms with Crippen LogP contribution in [0.4, 0.5) is 11.4 Å². The van der Waals surface area contributed by atoms with Gasteiger partial charge in [-0.3, -0.25) is 10.1 Å². The van der Waals surface area contributed by atoms with E-state index in [1.807, 2.05) is 36.4 Å². The summed E-state index contributed by atoms with van der Waals surface area (Å²) < 4.78 is 0. The van der Waals surface area contributed by atoms with Gasteiger partial charge < -0.3 is 5.73 Å². The van der Waals surface area contributed by atoms with E-state index in [9.17, 15) is 10.1 Å². The fourth-order valence-corrected chi connectivity index (χ4v) is 2.81. The fraction of sp³-hybridized carbons (Fsp3) is 0. The van der Waals surface area contributed by atoms with E-state index in [0.717, 1.165) is 22.3 Å². The Labute approximate surface area is 149 Å². The summed E-state index contributed by atoms with van der Waals surface area (Å²) in [5.41, 5.74) is 11.0. The number of rotatable bonds is 3. The van der Waals surface area contributed by atoms with E-state index in [4.69, 9.17) is 15.7 Å². The lowest BCUT2D eigenvalue weighted by Crippen LogP contribution is -1.97. The predicted molar refractivity (Wildman–Crippen MR) is 101 cm³/mol. The number of nitro benzene ring substituents is 1. The number of nitrogens with zero attached hydrogens (tertiary/aromatic N) is 3. The summed E-state index contributed by atoms with van der Waals surface area (Å²) in [5, 5.41) is 10.9. The minimum atomic E-state index is -0.422. The van der Waals surface area contributed by atoms with Gasteiger partial charge in [-0.15, -0.1) is 0 Å². The van der Waals surface area contributed by atoms with Gasteiger partial charge in [0.25, 0.3) is 5.69 Å². The molecule has 0 atom stereocenters. The van der Waals surface area contributed by atoms with E-state index >= 15 is 0 Å². The van der Waals surface area contributed by atoms with Crippen LogP contribution in [0.3, 0.4) is 0 Å². The van der Waals surface area contributed by atoms with Crippen LogP contribution in [-0.2, 0) is 0 Å². The largest absolute Gasteiger partial charge is 0.399 e. The molecule has 26 heavy (non-hydrogen) atoms. The average Bonchev–Trinajstić information content (AvgIpc) is 2.67. The number of fused-ring (bicyclic) bond motifs is 1. The van der Waals surface area contributed by atoms with Gasteiger partial charge in [0.1, 0.15) is 0 Å². The van der Waals surface area contributed by atoms with Gasteiger partial charge in [-0.2, -0.15) is 0 Å². The van der Waals surface area contributed by atoms with Gasteiger partial charge in [-0.1, -0.05) is 30.3 Å². The molecule has 4 aromatic rings. The number of hydrogen-bond acceptors (Lipinski definition) is 5. The number of anilines is 1. The quantitative estimate of drug-likeness (QED) is 0.337. The first-order valence-electron chi connectivity index (χ1n) is 7.99. The van der Waals surface area contributed by atoms with Gasteiger partial charge in [0, 0.05) is 28.9 Å². The zero-order valence-corrected chi connectivity index (χ0v) is 13.7. The second kappa shape index (κ2) is 6.25. The van der Waals surface area contributed by atoms with E-state index in [1.165, 1.54) is 12.1 Å². The van der Waals surface area contributed by atoms with Crippen molar-refractivity contribution in [3.63, 3.8) is 0 Å². The standard InChI is InChI=1S/C20H14N4O2/c21-15-8-11-17-18(12-15)23-20(14-6-9-16(10-7-14)24(25)26)19(22-17)13-4-2-1-3-5-13/h1-12H,21H2. The third-order valence-electron chi connectivity index (χ3n) is 4.09. The van der Waals surface area contributed by atoms with Crippen molar-refractivity contribution in [2.75, 3.05) is 5.73 Å². The second-order valence-electron chi connectivity index (χ2n) is 5.84. The molecule has 0 aliphatic rings. The Hall–Kier alpha value is -3.80. The molecular formula is C20H14N4O2. The number of nitrogen functional groups attached to an aromatic ring is 1. The van der Waals surface area contributed by atoms with Crippen LogP contribution in [0.5, 0.6) is 0 Å². The van der Waals surface area contributed by atoms with Crippen LogP contribution in [0, 0.1) is 10.1 Å². The fourth-order valence-electron chi connectivity index (χ4n) is 2.81. The Balaban J connectivity index is 1.97. The predicted octanol–water partition coefficient (Wildman–Crippen LogP) is 4.45. The zero-order valence-electron chi connectivity index (χ0n) is 13.7. The maximum Gasteiger partial charge on any atom is 0.269 e. The summed E-state index contributed by atoms with van der Waals surface area (Å²) in [6.07, 6.45) is 0. The first-order valence-corrected chi connectivity index (χ1v) is 7.99. The first-order chi connectivity index (χ1) is 12.6. The second-order valence-corrected chi connectivity index (χ2v) is 5.84. The Morgan fingerprint density at radius 3 is 2.04 bits per heavy atom. The number of benzene rings is 3. The van der Waals surface area contributed by atoms with Crippen LogP contribution in [0.25, 0.3) is 33.5 Å². The van der Waals surface area contributed by atoms with E-state index in [-0.39, 0.29) is 5.69 Å². The van der Waals surface area contributed by atoms with Gasteiger partial charge in [0.2, 0.25) is 0 Å². The lowest BCUT2D eigenvalue weighted by atomic mass is 10.0. The summed E-state index contributed by atoms with van der Waals surface area (Å²) in [6, 6.07) is 21.4. The molecule has 1 heterocycles. The van der Waals surface area contributed by atoms with Gasteiger partial charge in [-0.25, -0.2) is 9.97 Å². The highest BCUT2D eigenvalue weighted by Gasteiger charge is 2.14. The summed E-state index contributed by atoms with van der Waals surface area (Å²) in [6.45, 7) is 0. The number of nitrogens with two attached hydrogens (primary N) is 1. The average molecular weight is 342 g/mol. The van der Waals surface area contributed by atoms with Gasteiger partial charge in [0.05, 0.1) is 27.3 Å². The van der Waals surface area contributed by atoms with E-state index in [1.54, 1.807) is 24.3 Å². The molecule has 1 aromatic heterocycles. The van der Waals surface area contributed by atoms with E-state index in [2.05, 4.69) is 0 Å². The van der Waals surface area contributed by atoms with Crippen LogP contribution >= 0.6 is 0 Å². The van der Waals surface area contributed by atoms with Crippen molar-refractivity contribution >= 4 is 22.4 Å². The molecule has 0 fully saturated rings. The third kappa shape index (κ3) is 2.84. The monoisotopic (exact) mass is 342 g/mol. The van der Waals surface area contributed by atoms with Crippen LogP contribution in [0.1, 0.15) is 0 Å². The van der Waals surface area contributed by atoms with Crippen molar-refractivity contribution in [3.05, 3.63) is 82.9 Å². The van der Waals surface area contributed by atoms with Gasteiger partial charge >= 0.3 is 0 Å². The molecule has 0 unspecified atom stereocenters. The molecule has 0 bridgehead atoms. The maximum absolute atomic E-state index is 10.9. The molecule has 0 aliphatic carbocycles. The van der Waals surface area contributed by atoms with Crippen LogP contribution in [-0.4, -0.2) is 14.9 Å². The Morgan fingerprint density at radius 2 is 1.38 bits per heavy atom. The van der Waals surface area contributed by atoms with Gasteiger partial charge in [-0.05, 0) is 30.3 Å². The molecule has 4 rings (SSSR count). The number of nitro groups is 1. The molecule has 2 N–H and O–H groups in total. The highest BCUT2D eigenvalue weighted by atomic mass is 16.6. The van der Waals surface area contributed by atoms with Crippen molar-refractivity contribution in [3.8, 4) is 22.5 Å². The molecule has 126 valence electrons. The summed E-state index contributed by atoms with van der Waals surface area (Å²) in [7, 11) is 0. The number of non-ortho nitro benzene ring substituents is 1. The molecular weight excluding hydrogens is 328 g/mol. The molecule has 6 heteroatoms. The minimum absolute atomic E-state index is 0.0352. The van der Waals surface area contributed by atoms with E-state index in [0.29, 0.717) is 16.9 Å². The Kier molecular flexibility index (Phi) is 3.78. The summed E-state index contributed by atoms with van der Waals surface area (Å²) in [4.78, 5) is 20.0. The lowest BCUT2D eigenvalue weighted by Gasteiger charge is -2.11. The molecule has 0 amide bonds. The first kappa shape index (κ1) is 15.7. The molecule has 6 nitrogen and oxygen atoms in total. The highest BCUT2D eigenvalue weighted by Crippen LogP contribution is 2.32. The molecule has 0 saturated heterocycles. The molecule has 0 aliphatic heterocycles. The van der Waals surface area contributed by atoms with Crippen molar-refractivity contribution in [2.45, 2.75) is 0 Å². The van der Waals surface area contributed by atoms with Crippen molar-refractivity contribution in [2.24, 2.45) is 0 Å². The minimum Gasteiger partial charge on any atom is -0.399 e. The molecule has 0 spiro atoms. The highest BCUT2D eigenvalue weighted by molar-refractivity contribution is 5.87. The van der Waals surface area contributed by atoms with Crippen molar-refractivity contribution < 1.29 is 4.92 Å². The van der Waals surface area contributed by atoms with Crippen molar-refractivity contribution in [1.82, 2.24) is 9.97 Å². The van der Waals surface area contributed by atoms with Crippen LogP contribution in [0.15, 0.2) is 72.8 Å². The number of hydrogen-bond donors (Lipinski definition) is 1. The zero-order chi connectivity index (χ0) is 18.1. The van der Waals surface area contributed by atoms with E-state index < -0.39 is 4.92 Å². The maximum atomic E-state index is 10.9. The SMILES string of the molecule is Nc1ccc2nc(-c3ccccc3)c(-c3ccc([N+](=O)[O-])cc3)nc2c1. The molecule has 3 aromatic carbocycles. The van der Waals surface area contributed by atoms with Crippen molar-refractivity contribution in [1.29, 1.82) is 0 Å². The smallest absolute Gasteiger partial charge is 0.269 e. The normalized spacial score (nSPS) is 10.8. The third-order valence-corrected chi connectivity index (χ3v) is 4.09. The lowest BCUT2D eigenvalue weighted by molar-refractivity contribution is -0.384. The van der Waals surface area contributed by atoms with Crippen LogP contribution in [0.2, 0.25) is 0 Å². The van der Waals surface area contributed by atoms with Gasteiger partial charge in [0.15, 0.2) is 0 Å². The Morgan fingerprint density at radius 1 is 0.769 bits per heavy atom. The molecule has 0 saturated carbocycles. The number of aromatic nitrogens is 2. The Bertz CT molecular complexity index is 1110. The van der Waals surface area contributed by atoms with Crippen LogP contribution < -0.4 is 5.73 Å². The summed E-state index contributed by atoms with van der Waals surface area (Å²) in [5.74, 6) is 0. The molecule has 0 radical (unpaired) electrons.